The van der Waals surface area contributed by atoms with Crippen molar-refractivity contribution in [2.24, 2.45) is 4.99 Å². The van der Waals surface area contributed by atoms with Gasteiger partial charge in [-0.2, -0.15) is 0 Å². The Morgan fingerprint density at radius 3 is 2.47 bits per heavy atom. The largest absolute Gasteiger partial charge is 0.255 e. The van der Waals surface area contributed by atoms with E-state index in [9.17, 15) is 0 Å². The Hall–Kier alpha value is -2.83. The molecule has 5 aromatic rings. The molecule has 2 aromatic heterocycles. The summed E-state index contributed by atoms with van der Waals surface area (Å²) < 4.78 is 0. The van der Waals surface area contributed by atoms with Gasteiger partial charge in [0.05, 0.1) is 27.0 Å². The van der Waals surface area contributed by atoms with E-state index in [4.69, 9.17) is 33.2 Å². The number of thiazole rings is 2. The average Bonchev–Trinajstić information content (AvgIpc) is 3.47. The van der Waals surface area contributed by atoms with Crippen molar-refractivity contribution in [3.63, 3.8) is 0 Å². The van der Waals surface area contributed by atoms with Crippen molar-refractivity contribution in [3.8, 4) is 21.8 Å². The number of hydrogen-bond acceptors (Lipinski definition) is 5. The van der Waals surface area contributed by atoms with Crippen LogP contribution in [-0.2, 0) is 6.42 Å². The fraction of sp³-hybridized carbons (Fsp3) is 0.0741. The van der Waals surface area contributed by atoms with Crippen molar-refractivity contribution < 1.29 is 0 Å². The van der Waals surface area contributed by atoms with Gasteiger partial charge in [0.2, 0.25) is 0 Å². The molecule has 0 unspecified atom stereocenters. The maximum absolute atomic E-state index is 6.31. The number of aromatic nitrogens is 2. The Bertz CT molecular complexity index is 1460. The molecule has 0 atom stereocenters. The minimum Gasteiger partial charge on any atom is -0.255 e. The van der Waals surface area contributed by atoms with Crippen LogP contribution in [-0.4, -0.2) is 16.2 Å². The lowest BCUT2D eigenvalue weighted by atomic mass is 10.1. The molecule has 0 radical (unpaired) electrons. The summed E-state index contributed by atoms with van der Waals surface area (Å²) >= 11 is 15.6. The smallest absolute Gasteiger partial charge is 0.124 e. The molecule has 0 aliphatic heterocycles. The molecule has 0 bridgehead atoms. The van der Waals surface area contributed by atoms with E-state index in [1.807, 2.05) is 55.6 Å². The molecule has 0 N–H and O–H groups in total. The summed E-state index contributed by atoms with van der Waals surface area (Å²) in [7, 11) is 0. The molecular formula is C27H19Cl2N3S2. The van der Waals surface area contributed by atoms with Gasteiger partial charge in [-0.25, -0.2) is 9.97 Å². The molecule has 0 saturated carbocycles. The number of rotatable bonds is 6. The van der Waals surface area contributed by atoms with Crippen LogP contribution in [0, 0.1) is 6.92 Å². The van der Waals surface area contributed by atoms with Crippen LogP contribution >= 0.6 is 45.9 Å². The first kappa shape index (κ1) is 22.9. The van der Waals surface area contributed by atoms with Crippen LogP contribution in [0.4, 0.5) is 5.69 Å². The topological polar surface area (TPSA) is 38.1 Å². The molecule has 0 spiro atoms. The number of aryl methyl sites for hydroxylation is 1. The van der Waals surface area contributed by atoms with Gasteiger partial charge in [0.1, 0.15) is 5.01 Å². The summed E-state index contributed by atoms with van der Waals surface area (Å²) in [4.78, 5) is 15.2. The van der Waals surface area contributed by atoms with Gasteiger partial charge >= 0.3 is 0 Å². The highest BCUT2D eigenvalue weighted by atomic mass is 35.5. The van der Waals surface area contributed by atoms with E-state index in [1.54, 1.807) is 28.7 Å². The van der Waals surface area contributed by atoms with E-state index in [0.717, 1.165) is 48.7 Å². The molecule has 7 heteroatoms. The number of hydrogen-bond donors (Lipinski definition) is 0. The van der Waals surface area contributed by atoms with E-state index < -0.39 is 0 Å². The SMILES string of the molecule is Cc1nc(-c2ccccc2)sc1C=Nc1ccc(-c2csc(Cc3ccc(Cl)cc3Cl)n2)cc1. The van der Waals surface area contributed by atoms with Crippen molar-refractivity contribution in [3.05, 3.63) is 109 Å². The van der Waals surface area contributed by atoms with Crippen molar-refractivity contribution in [1.29, 1.82) is 0 Å². The molecule has 3 nitrogen and oxygen atoms in total. The molecule has 0 aliphatic carbocycles. The van der Waals surface area contributed by atoms with Gasteiger partial charge in [-0.05, 0) is 36.8 Å². The van der Waals surface area contributed by atoms with Crippen LogP contribution in [0.15, 0.2) is 83.2 Å². The van der Waals surface area contributed by atoms with Gasteiger partial charge in [0, 0.05) is 39.2 Å². The lowest BCUT2D eigenvalue weighted by Crippen LogP contribution is -1.89. The standard InChI is InChI=1S/C27H19Cl2N3S2/c1-17-25(34-27(31-17)19-5-3-2-4-6-19)15-30-22-11-8-18(9-12-22)24-16-33-26(32-24)13-20-7-10-21(28)14-23(20)29/h2-12,14-16H,13H2,1H3. The van der Waals surface area contributed by atoms with Gasteiger partial charge < -0.3 is 0 Å². The van der Waals surface area contributed by atoms with Crippen LogP contribution in [0.2, 0.25) is 10.0 Å². The second-order valence-corrected chi connectivity index (χ2v) is 10.5. The van der Waals surface area contributed by atoms with Crippen molar-refractivity contribution >= 4 is 57.8 Å². The number of benzene rings is 3. The first-order valence-corrected chi connectivity index (χ1v) is 13.1. The minimum atomic E-state index is 0.637. The number of aliphatic imine (C=N–C) groups is 1. The summed E-state index contributed by atoms with van der Waals surface area (Å²) in [6, 6.07) is 23.9. The van der Waals surface area contributed by atoms with E-state index in [-0.39, 0.29) is 0 Å². The van der Waals surface area contributed by atoms with E-state index >= 15 is 0 Å². The molecule has 0 amide bonds. The maximum atomic E-state index is 6.31. The van der Waals surface area contributed by atoms with Gasteiger partial charge in [-0.3, -0.25) is 4.99 Å². The zero-order valence-electron chi connectivity index (χ0n) is 18.2. The van der Waals surface area contributed by atoms with Crippen LogP contribution in [0.5, 0.6) is 0 Å². The molecule has 0 aliphatic rings. The summed E-state index contributed by atoms with van der Waals surface area (Å²) in [5.74, 6) is 0. The van der Waals surface area contributed by atoms with Gasteiger partial charge in [0.25, 0.3) is 0 Å². The summed E-state index contributed by atoms with van der Waals surface area (Å²) in [5, 5.41) is 5.39. The highest BCUT2D eigenvalue weighted by molar-refractivity contribution is 7.16. The number of nitrogens with zero attached hydrogens (tertiary/aromatic N) is 3. The third-order valence-corrected chi connectivity index (χ3v) is 7.83. The molecule has 34 heavy (non-hydrogen) atoms. The predicted molar refractivity (Wildman–Crippen MR) is 146 cm³/mol. The molecule has 3 aromatic carbocycles. The molecular weight excluding hydrogens is 501 g/mol. The van der Waals surface area contributed by atoms with Crippen molar-refractivity contribution in [2.45, 2.75) is 13.3 Å². The zero-order valence-corrected chi connectivity index (χ0v) is 21.3. The molecule has 168 valence electrons. The van der Waals surface area contributed by atoms with E-state index in [2.05, 4.69) is 34.6 Å². The Balaban J connectivity index is 1.28. The van der Waals surface area contributed by atoms with Gasteiger partial charge in [-0.1, -0.05) is 71.7 Å². The second kappa shape index (κ2) is 10.2. The fourth-order valence-electron chi connectivity index (χ4n) is 3.44. The Kier molecular flexibility index (Phi) is 6.88. The van der Waals surface area contributed by atoms with Crippen molar-refractivity contribution in [2.75, 3.05) is 0 Å². The average molecular weight is 521 g/mol. The monoisotopic (exact) mass is 519 g/mol. The molecule has 0 fully saturated rings. The maximum Gasteiger partial charge on any atom is 0.124 e. The quantitative estimate of drug-likeness (QED) is 0.210. The summed E-state index contributed by atoms with van der Waals surface area (Å²) in [5.41, 5.74) is 6.03. The van der Waals surface area contributed by atoms with Crippen LogP contribution in [0.3, 0.4) is 0 Å². The zero-order chi connectivity index (χ0) is 23.5. The van der Waals surface area contributed by atoms with E-state index in [1.165, 1.54) is 0 Å². The second-order valence-electron chi connectivity index (χ2n) is 7.68. The Labute approximate surface area is 216 Å². The first-order valence-electron chi connectivity index (χ1n) is 10.6. The van der Waals surface area contributed by atoms with E-state index in [0.29, 0.717) is 16.5 Å². The fourth-order valence-corrected chi connectivity index (χ4v) is 5.68. The lowest BCUT2D eigenvalue weighted by Gasteiger charge is -2.02. The van der Waals surface area contributed by atoms with Crippen molar-refractivity contribution in [1.82, 2.24) is 9.97 Å². The normalized spacial score (nSPS) is 11.4. The Morgan fingerprint density at radius 2 is 1.71 bits per heavy atom. The molecule has 2 heterocycles. The summed E-state index contributed by atoms with van der Waals surface area (Å²) in [6.45, 7) is 2.02. The first-order chi connectivity index (χ1) is 16.5. The number of halogens is 2. The van der Waals surface area contributed by atoms with Crippen LogP contribution in [0.1, 0.15) is 21.1 Å². The molecule has 0 saturated heterocycles. The van der Waals surface area contributed by atoms with Gasteiger partial charge in [0.15, 0.2) is 0 Å². The minimum absolute atomic E-state index is 0.637. The highest BCUT2D eigenvalue weighted by Gasteiger charge is 2.09. The third-order valence-electron chi connectivity index (χ3n) is 5.26. The highest BCUT2D eigenvalue weighted by Crippen LogP contribution is 2.29. The van der Waals surface area contributed by atoms with Gasteiger partial charge in [-0.15, -0.1) is 22.7 Å². The third kappa shape index (κ3) is 5.29. The molecule has 5 rings (SSSR count). The van der Waals surface area contributed by atoms with Crippen LogP contribution < -0.4 is 0 Å². The predicted octanol–water partition coefficient (Wildman–Crippen LogP) is 8.89. The van der Waals surface area contributed by atoms with Crippen LogP contribution in [0.25, 0.3) is 21.8 Å². The Morgan fingerprint density at radius 1 is 0.912 bits per heavy atom. The lowest BCUT2D eigenvalue weighted by molar-refractivity contribution is 1.14. The summed E-state index contributed by atoms with van der Waals surface area (Å²) in [6.07, 6.45) is 2.58.